The van der Waals surface area contributed by atoms with Gasteiger partial charge in [0.15, 0.2) is 5.78 Å². The minimum Gasteiger partial charge on any atom is -0.345 e. The number of Topliss-reactive ketones (excluding diaryl/α,β-unsaturated/α-hetero) is 1. The molecule has 0 aliphatic rings. The number of aromatic amines is 1. The molecule has 3 nitrogen and oxygen atoms in total. The number of fused-ring (bicyclic) bond motifs is 1. The van der Waals surface area contributed by atoms with Crippen molar-refractivity contribution in [2.24, 2.45) is 0 Å². The first-order valence-electron chi connectivity index (χ1n) is 4.69. The van der Waals surface area contributed by atoms with Gasteiger partial charge in [-0.05, 0) is 31.0 Å². The Morgan fingerprint density at radius 3 is 2.93 bits per heavy atom. The molecule has 0 unspecified atom stereocenters. The summed E-state index contributed by atoms with van der Waals surface area (Å²) in [5, 5.41) is 0. The highest BCUT2D eigenvalue weighted by Crippen LogP contribution is 2.18. The second kappa shape index (κ2) is 3.25. The Hall–Kier alpha value is -1.64. The van der Waals surface area contributed by atoms with Gasteiger partial charge in [0.05, 0.1) is 17.4 Å². The van der Waals surface area contributed by atoms with Gasteiger partial charge in [0.2, 0.25) is 0 Å². The standard InChI is InChI=1S/C11H12N2O/c1-3-8-4-9(7(2)14)5-10-11(8)13-6-12-10/h4-6H,3H2,1-2H3,(H,12,13). The number of aryl methyl sites for hydroxylation is 1. The van der Waals surface area contributed by atoms with Gasteiger partial charge in [-0.25, -0.2) is 4.98 Å². The first-order valence-corrected chi connectivity index (χ1v) is 4.69. The molecule has 14 heavy (non-hydrogen) atoms. The van der Waals surface area contributed by atoms with Crippen molar-refractivity contribution in [2.45, 2.75) is 20.3 Å². The molecule has 72 valence electrons. The maximum Gasteiger partial charge on any atom is 0.159 e. The Balaban J connectivity index is 2.73. The molecule has 1 aromatic carbocycles. The summed E-state index contributed by atoms with van der Waals surface area (Å²) in [6, 6.07) is 3.77. The number of hydrogen-bond acceptors (Lipinski definition) is 2. The van der Waals surface area contributed by atoms with E-state index in [9.17, 15) is 4.79 Å². The zero-order chi connectivity index (χ0) is 10.1. The van der Waals surface area contributed by atoms with Crippen LogP contribution in [-0.4, -0.2) is 15.8 Å². The van der Waals surface area contributed by atoms with Crippen molar-refractivity contribution in [3.05, 3.63) is 29.6 Å². The van der Waals surface area contributed by atoms with Crippen LogP contribution in [0.3, 0.4) is 0 Å². The van der Waals surface area contributed by atoms with Gasteiger partial charge in [-0.1, -0.05) is 6.92 Å². The predicted molar refractivity (Wildman–Crippen MR) is 55.5 cm³/mol. The van der Waals surface area contributed by atoms with Gasteiger partial charge in [0.25, 0.3) is 0 Å². The van der Waals surface area contributed by atoms with Crippen LogP contribution in [0.25, 0.3) is 11.0 Å². The van der Waals surface area contributed by atoms with E-state index in [4.69, 9.17) is 0 Å². The monoisotopic (exact) mass is 188 g/mol. The molecule has 0 saturated heterocycles. The van der Waals surface area contributed by atoms with E-state index in [2.05, 4.69) is 16.9 Å². The number of carbonyl (C=O) groups is 1. The number of imidazole rings is 1. The van der Waals surface area contributed by atoms with E-state index in [0.29, 0.717) is 0 Å². The normalized spacial score (nSPS) is 10.7. The number of carbonyl (C=O) groups excluding carboxylic acids is 1. The molecule has 1 heterocycles. The molecule has 0 aliphatic carbocycles. The molecule has 1 N–H and O–H groups in total. The van der Waals surface area contributed by atoms with E-state index in [1.54, 1.807) is 13.3 Å². The third kappa shape index (κ3) is 1.31. The van der Waals surface area contributed by atoms with Crippen molar-refractivity contribution in [1.29, 1.82) is 0 Å². The Labute approximate surface area is 82.2 Å². The zero-order valence-electron chi connectivity index (χ0n) is 8.29. The highest BCUT2D eigenvalue weighted by atomic mass is 16.1. The largest absolute Gasteiger partial charge is 0.345 e. The topological polar surface area (TPSA) is 45.8 Å². The predicted octanol–water partition coefficient (Wildman–Crippen LogP) is 2.33. The quantitative estimate of drug-likeness (QED) is 0.735. The lowest BCUT2D eigenvalue weighted by molar-refractivity contribution is 0.101. The SMILES string of the molecule is CCc1cc(C(C)=O)cc2[nH]cnc12. The highest BCUT2D eigenvalue weighted by Gasteiger charge is 2.07. The summed E-state index contributed by atoms with van der Waals surface area (Å²) in [6.45, 7) is 3.64. The van der Waals surface area contributed by atoms with Crippen LogP contribution in [-0.2, 0) is 6.42 Å². The Bertz CT molecular complexity index is 485. The fourth-order valence-corrected chi connectivity index (χ4v) is 1.60. The number of rotatable bonds is 2. The Morgan fingerprint density at radius 2 is 2.29 bits per heavy atom. The van der Waals surface area contributed by atoms with Crippen LogP contribution in [0, 0.1) is 0 Å². The molecule has 1 aromatic heterocycles. The van der Waals surface area contributed by atoms with Crippen LogP contribution >= 0.6 is 0 Å². The summed E-state index contributed by atoms with van der Waals surface area (Å²) in [6.07, 6.45) is 2.55. The number of nitrogens with one attached hydrogen (secondary N) is 1. The number of aromatic nitrogens is 2. The molecule has 2 aromatic rings. The van der Waals surface area contributed by atoms with Crippen LogP contribution in [0.1, 0.15) is 29.8 Å². The number of H-pyrrole nitrogens is 1. The van der Waals surface area contributed by atoms with Crippen molar-refractivity contribution in [3.63, 3.8) is 0 Å². The maximum atomic E-state index is 11.2. The Morgan fingerprint density at radius 1 is 1.50 bits per heavy atom. The number of nitrogens with zero attached hydrogens (tertiary/aromatic N) is 1. The lowest BCUT2D eigenvalue weighted by Crippen LogP contribution is -1.94. The lowest BCUT2D eigenvalue weighted by atomic mass is 10.0. The van der Waals surface area contributed by atoms with Gasteiger partial charge in [0.1, 0.15) is 0 Å². The maximum absolute atomic E-state index is 11.2. The van der Waals surface area contributed by atoms with Crippen molar-refractivity contribution >= 4 is 16.8 Å². The lowest BCUT2D eigenvalue weighted by Gasteiger charge is -2.01. The van der Waals surface area contributed by atoms with Crippen molar-refractivity contribution in [1.82, 2.24) is 9.97 Å². The fraction of sp³-hybridized carbons (Fsp3) is 0.273. The van der Waals surface area contributed by atoms with Crippen LogP contribution in [0.2, 0.25) is 0 Å². The van der Waals surface area contributed by atoms with E-state index in [1.807, 2.05) is 12.1 Å². The molecule has 0 saturated carbocycles. The van der Waals surface area contributed by atoms with Crippen LogP contribution in [0.4, 0.5) is 0 Å². The summed E-state index contributed by atoms with van der Waals surface area (Å²) >= 11 is 0. The van der Waals surface area contributed by atoms with E-state index >= 15 is 0 Å². The average Bonchev–Trinajstić information content (AvgIpc) is 2.63. The molecule has 0 fully saturated rings. The van der Waals surface area contributed by atoms with Crippen molar-refractivity contribution in [3.8, 4) is 0 Å². The third-order valence-corrected chi connectivity index (χ3v) is 2.39. The minimum atomic E-state index is 0.0937. The summed E-state index contributed by atoms with van der Waals surface area (Å²) in [5.41, 5.74) is 3.78. The second-order valence-electron chi connectivity index (χ2n) is 3.34. The molecule has 0 atom stereocenters. The first-order chi connectivity index (χ1) is 6.72. The second-order valence-corrected chi connectivity index (χ2v) is 3.34. The van der Waals surface area contributed by atoms with Gasteiger partial charge in [-0.3, -0.25) is 4.79 Å². The zero-order valence-corrected chi connectivity index (χ0v) is 8.29. The molecule has 0 bridgehead atoms. The summed E-state index contributed by atoms with van der Waals surface area (Å²) in [7, 11) is 0. The van der Waals surface area contributed by atoms with Crippen molar-refractivity contribution < 1.29 is 4.79 Å². The summed E-state index contributed by atoms with van der Waals surface area (Å²) in [4.78, 5) is 18.5. The van der Waals surface area contributed by atoms with Gasteiger partial charge in [-0.15, -0.1) is 0 Å². The molecule has 0 amide bonds. The minimum absolute atomic E-state index is 0.0937. The van der Waals surface area contributed by atoms with Gasteiger partial charge >= 0.3 is 0 Å². The number of ketones is 1. The molecule has 2 rings (SSSR count). The van der Waals surface area contributed by atoms with Gasteiger partial charge in [0, 0.05) is 5.56 Å². The number of hydrogen-bond donors (Lipinski definition) is 1. The number of benzene rings is 1. The molecular formula is C11H12N2O. The van der Waals surface area contributed by atoms with Gasteiger partial charge < -0.3 is 4.98 Å². The molecule has 0 spiro atoms. The van der Waals surface area contributed by atoms with Crippen LogP contribution in [0.15, 0.2) is 18.5 Å². The van der Waals surface area contributed by atoms with E-state index in [0.717, 1.165) is 28.6 Å². The van der Waals surface area contributed by atoms with Crippen LogP contribution < -0.4 is 0 Å². The third-order valence-electron chi connectivity index (χ3n) is 2.39. The molecule has 0 aliphatic heterocycles. The van der Waals surface area contributed by atoms with E-state index in [-0.39, 0.29) is 5.78 Å². The van der Waals surface area contributed by atoms with Gasteiger partial charge in [-0.2, -0.15) is 0 Å². The van der Waals surface area contributed by atoms with E-state index in [1.165, 1.54) is 0 Å². The first kappa shape index (κ1) is 8.94. The van der Waals surface area contributed by atoms with Crippen LogP contribution in [0.5, 0.6) is 0 Å². The fourth-order valence-electron chi connectivity index (χ4n) is 1.60. The highest BCUT2D eigenvalue weighted by molar-refractivity contribution is 5.98. The van der Waals surface area contributed by atoms with E-state index < -0.39 is 0 Å². The molecular weight excluding hydrogens is 176 g/mol. The smallest absolute Gasteiger partial charge is 0.159 e. The average molecular weight is 188 g/mol. The molecule has 3 heteroatoms. The summed E-state index contributed by atoms with van der Waals surface area (Å²) in [5.74, 6) is 0.0937. The Kier molecular flexibility index (Phi) is 2.08. The summed E-state index contributed by atoms with van der Waals surface area (Å²) < 4.78 is 0. The van der Waals surface area contributed by atoms with Crippen molar-refractivity contribution in [2.75, 3.05) is 0 Å². The molecule has 0 radical (unpaired) electrons.